The molecule has 0 spiro atoms. The quantitative estimate of drug-likeness (QED) is 0.522. The summed E-state index contributed by atoms with van der Waals surface area (Å²) >= 11 is 1.49. The molecule has 3 rings (SSSR count). The Morgan fingerprint density at radius 1 is 1.30 bits per heavy atom. The molecule has 0 saturated heterocycles. The minimum absolute atomic E-state index is 0.304. The van der Waals surface area contributed by atoms with E-state index in [1.807, 2.05) is 6.92 Å². The Morgan fingerprint density at radius 3 is 2.78 bits per heavy atom. The fourth-order valence-electron chi connectivity index (χ4n) is 2.37. The van der Waals surface area contributed by atoms with Crippen molar-refractivity contribution in [3.05, 3.63) is 33.0 Å². The van der Waals surface area contributed by atoms with Gasteiger partial charge in [-0.25, -0.2) is 14.8 Å². The van der Waals surface area contributed by atoms with E-state index in [2.05, 4.69) is 20.2 Å². The van der Waals surface area contributed by atoms with Crippen LogP contribution in [0.25, 0.3) is 11.2 Å². The van der Waals surface area contributed by atoms with Crippen LogP contribution in [-0.4, -0.2) is 39.6 Å². The Kier molecular flexibility index (Phi) is 4.07. The Labute approximate surface area is 135 Å². The molecule has 0 aromatic carbocycles. The van der Waals surface area contributed by atoms with Crippen molar-refractivity contribution in [2.45, 2.75) is 25.0 Å². The highest BCUT2D eigenvalue weighted by molar-refractivity contribution is 7.99. The highest BCUT2D eigenvalue weighted by atomic mass is 32.2. The van der Waals surface area contributed by atoms with Crippen LogP contribution < -0.4 is 11.2 Å². The average Bonchev–Trinajstić information content (AvgIpc) is 3.10. The van der Waals surface area contributed by atoms with Crippen LogP contribution in [0.4, 0.5) is 0 Å². The molecule has 10 heteroatoms. The third-order valence-electron chi connectivity index (χ3n) is 3.53. The van der Waals surface area contributed by atoms with E-state index in [1.165, 1.54) is 27.2 Å². The lowest BCUT2D eigenvalue weighted by atomic mass is 10.4. The largest absolute Gasteiger partial charge is 0.332 e. The van der Waals surface area contributed by atoms with E-state index >= 15 is 0 Å². The number of nitrogens with one attached hydrogen (secondary N) is 1. The van der Waals surface area contributed by atoms with Gasteiger partial charge in [0.05, 0.1) is 6.33 Å². The van der Waals surface area contributed by atoms with Gasteiger partial charge in [0, 0.05) is 26.4 Å². The van der Waals surface area contributed by atoms with Crippen LogP contribution in [-0.2, 0) is 20.6 Å². The fraction of sp³-hybridized carbons (Fsp3) is 0.462. The first-order valence-corrected chi connectivity index (χ1v) is 8.10. The molecule has 0 atom stereocenters. The van der Waals surface area contributed by atoms with Crippen LogP contribution in [0, 0.1) is 6.92 Å². The SMILES string of the molecule is Cc1nc(SCCCn2c(=O)c3c(ncn3C)n(C)c2=O)n[nH]1. The Hall–Kier alpha value is -2.36. The van der Waals surface area contributed by atoms with E-state index in [9.17, 15) is 9.59 Å². The van der Waals surface area contributed by atoms with Crippen molar-refractivity contribution in [2.24, 2.45) is 14.1 Å². The smallest absolute Gasteiger partial charge is 0.328 e. The molecule has 0 unspecified atom stereocenters. The number of rotatable bonds is 5. The molecular formula is C13H17N7O2S. The van der Waals surface area contributed by atoms with Crippen molar-refractivity contribution in [3.8, 4) is 0 Å². The van der Waals surface area contributed by atoms with Crippen molar-refractivity contribution in [1.29, 1.82) is 0 Å². The standard InChI is InChI=1S/C13H17N7O2S/c1-8-15-12(17-16-8)23-6-4-5-20-11(21)9-10(14-7-18(9)2)19(3)13(20)22/h7H,4-6H2,1-3H3,(H,15,16,17). The van der Waals surface area contributed by atoms with E-state index < -0.39 is 0 Å². The van der Waals surface area contributed by atoms with Crippen LogP contribution in [0.15, 0.2) is 21.1 Å². The van der Waals surface area contributed by atoms with Crippen LogP contribution in [0.5, 0.6) is 0 Å². The molecule has 1 N–H and O–H groups in total. The van der Waals surface area contributed by atoms with Crippen molar-refractivity contribution in [1.82, 2.24) is 33.9 Å². The minimum atomic E-state index is -0.347. The number of nitrogens with zero attached hydrogens (tertiary/aromatic N) is 6. The predicted molar refractivity (Wildman–Crippen MR) is 86.7 cm³/mol. The number of aryl methyl sites for hydroxylation is 3. The second-order valence-corrected chi connectivity index (χ2v) is 6.29. The summed E-state index contributed by atoms with van der Waals surface area (Å²) in [6, 6.07) is 0. The van der Waals surface area contributed by atoms with Crippen molar-refractivity contribution >= 4 is 22.9 Å². The van der Waals surface area contributed by atoms with Gasteiger partial charge >= 0.3 is 5.69 Å². The summed E-state index contributed by atoms with van der Waals surface area (Å²) in [5.74, 6) is 1.48. The molecule has 0 aliphatic heterocycles. The van der Waals surface area contributed by atoms with Gasteiger partial charge in [-0.2, -0.15) is 0 Å². The number of aromatic amines is 1. The summed E-state index contributed by atoms with van der Waals surface area (Å²) in [6.07, 6.45) is 2.20. The molecule has 0 bridgehead atoms. The van der Waals surface area contributed by atoms with Gasteiger partial charge in [-0.1, -0.05) is 11.8 Å². The Balaban J connectivity index is 1.79. The summed E-state index contributed by atoms with van der Waals surface area (Å²) < 4.78 is 4.30. The van der Waals surface area contributed by atoms with E-state index in [0.29, 0.717) is 29.3 Å². The highest BCUT2D eigenvalue weighted by Gasteiger charge is 2.14. The maximum absolute atomic E-state index is 12.5. The molecule has 0 fully saturated rings. The van der Waals surface area contributed by atoms with Crippen LogP contribution in [0.1, 0.15) is 12.2 Å². The van der Waals surface area contributed by atoms with Crippen molar-refractivity contribution in [3.63, 3.8) is 0 Å². The molecule has 3 heterocycles. The number of H-pyrrole nitrogens is 1. The van der Waals surface area contributed by atoms with E-state index in [0.717, 1.165) is 11.6 Å². The second-order valence-electron chi connectivity index (χ2n) is 5.23. The van der Waals surface area contributed by atoms with Gasteiger partial charge in [-0.3, -0.25) is 19.0 Å². The van der Waals surface area contributed by atoms with E-state index in [1.54, 1.807) is 18.7 Å². The number of fused-ring (bicyclic) bond motifs is 1. The molecule has 9 nitrogen and oxygen atoms in total. The highest BCUT2D eigenvalue weighted by Crippen LogP contribution is 2.13. The minimum Gasteiger partial charge on any atom is -0.328 e. The predicted octanol–water partition coefficient (Wildman–Crippen LogP) is 0.0426. The van der Waals surface area contributed by atoms with Crippen molar-refractivity contribution in [2.75, 3.05) is 5.75 Å². The van der Waals surface area contributed by atoms with Gasteiger partial charge in [-0.05, 0) is 13.3 Å². The van der Waals surface area contributed by atoms with E-state index in [-0.39, 0.29) is 11.2 Å². The molecule has 23 heavy (non-hydrogen) atoms. The van der Waals surface area contributed by atoms with Gasteiger partial charge in [0.1, 0.15) is 5.82 Å². The molecule has 0 aliphatic rings. The van der Waals surface area contributed by atoms with Gasteiger partial charge in [0.2, 0.25) is 5.16 Å². The maximum Gasteiger partial charge on any atom is 0.332 e. The number of hydrogen-bond donors (Lipinski definition) is 1. The van der Waals surface area contributed by atoms with Crippen molar-refractivity contribution < 1.29 is 0 Å². The summed E-state index contributed by atoms with van der Waals surface area (Å²) in [4.78, 5) is 33.1. The molecule has 0 radical (unpaired) electrons. The topological polar surface area (TPSA) is 103 Å². The first kappa shape index (κ1) is 15.5. The number of hydrogen-bond acceptors (Lipinski definition) is 6. The zero-order chi connectivity index (χ0) is 16.6. The lowest BCUT2D eigenvalue weighted by molar-refractivity contribution is 0.594. The van der Waals surface area contributed by atoms with Crippen LogP contribution in [0.2, 0.25) is 0 Å². The maximum atomic E-state index is 12.5. The monoisotopic (exact) mass is 335 g/mol. The number of aromatic nitrogens is 7. The molecule has 0 aliphatic carbocycles. The Bertz CT molecular complexity index is 965. The molecule has 0 saturated carbocycles. The van der Waals surface area contributed by atoms with Crippen LogP contribution in [0.3, 0.4) is 0 Å². The van der Waals surface area contributed by atoms with Gasteiger partial charge in [0.15, 0.2) is 11.2 Å². The summed E-state index contributed by atoms with van der Waals surface area (Å²) in [6.45, 7) is 2.19. The molecule has 122 valence electrons. The zero-order valence-corrected chi connectivity index (χ0v) is 13.9. The number of imidazole rings is 1. The average molecular weight is 335 g/mol. The lowest BCUT2D eigenvalue weighted by Gasteiger charge is -2.08. The molecular weight excluding hydrogens is 318 g/mol. The van der Waals surface area contributed by atoms with Gasteiger partial charge in [0.25, 0.3) is 5.56 Å². The third-order valence-corrected chi connectivity index (χ3v) is 4.47. The first-order valence-electron chi connectivity index (χ1n) is 7.11. The third kappa shape index (κ3) is 2.81. The normalized spacial score (nSPS) is 11.4. The molecule has 0 amide bonds. The molecule has 3 aromatic rings. The van der Waals surface area contributed by atoms with Gasteiger partial charge in [-0.15, -0.1) is 5.10 Å². The Morgan fingerprint density at radius 2 is 2.09 bits per heavy atom. The van der Waals surface area contributed by atoms with Crippen LogP contribution >= 0.6 is 11.8 Å². The zero-order valence-electron chi connectivity index (χ0n) is 13.1. The fourth-order valence-corrected chi connectivity index (χ4v) is 3.13. The van der Waals surface area contributed by atoms with E-state index in [4.69, 9.17) is 0 Å². The summed E-state index contributed by atoms with van der Waals surface area (Å²) in [5.41, 5.74) is 0.190. The van der Waals surface area contributed by atoms with Gasteiger partial charge < -0.3 is 4.57 Å². The summed E-state index contributed by atoms with van der Waals surface area (Å²) in [7, 11) is 3.37. The number of thioether (sulfide) groups is 1. The second kappa shape index (κ2) is 6.03. The first-order chi connectivity index (χ1) is 11.0. The lowest BCUT2D eigenvalue weighted by Crippen LogP contribution is -2.39. The molecule has 3 aromatic heterocycles. The summed E-state index contributed by atoms with van der Waals surface area (Å²) in [5, 5.41) is 7.48.